The van der Waals surface area contributed by atoms with Gasteiger partial charge in [0.1, 0.15) is 5.75 Å². The van der Waals surface area contributed by atoms with Crippen LogP contribution in [0.5, 0.6) is 5.75 Å². The minimum atomic E-state index is -0.477. The summed E-state index contributed by atoms with van der Waals surface area (Å²) in [7, 11) is 1.61. The summed E-state index contributed by atoms with van der Waals surface area (Å²) in [6.45, 7) is 2.01. The maximum absolute atomic E-state index is 12.4. The number of thioether (sulfide) groups is 1. The van der Waals surface area contributed by atoms with Crippen LogP contribution in [0.4, 0.5) is 5.69 Å². The van der Waals surface area contributed by atoms with E-state index in [1.54, 1.807) is 19.2 Å². The van der Waals surface area contributed by atoms with E-state index < -0.39 is 4.92 Å². The van der Waals surface area contributed by atoms with E-state index in [0.717, 1.165) is 22.6 Å². The number of amides is 1. The molecule has 0 bridgehead atoms. The van der Waals surface area contributed by atoms with Gasteiger partial charge in [0.25, 0.3) is 11.6 Å². The highest BCUT2D eigenvalue weighted by molar-refractivity contribution is 7.99. The summed E-state index contributed by atoms with van der Waals surface area (Å²) in [6.07, 6.45) is 1.42. The zero-order valence-corrected chi connectivity index (χ0v) is 20.3. The van der Waals surface area contributed by atoms with E-state index in [9.17, 15) is 14.9 Å². The first-order valence-electron chi connectivity index (χ1n) is 10.8. The average Bonchev–Trinajstić information content (AvgIpc) is 3.32. The number of carbonyl (C=O) groups excluding carboxylic acids is 1. The monoisotopic (exact) mass is 502 g/mol. The van der Waals surface area contributed by atoms with Crippen molar-refractivity contribution in [3.05, 3.63) is 94.0 Å². The predicted molar refractivity (Wildman–Crippen MR) is 138 cm³/mol. The van der Waals surface area contributed by atoms with Gasteiger partial charge in [-0.1, -0.05) is 29.5 Å². The third-order valence-electron chi connectivity index (χ3n) is 5.11. The van der Waals surface area contributed by atoms with E-state index in [1.807, 2.05) is 60.0 Å². The molecule has 0 aliphatic carbocycles. The van der Waals surface area contributed by atoms with E-state index in [-0.39, 0.29) is 17.3 Å². The van der Waals surface area contributed by atoms with Crippen LogP contribution in [-0.2, 0) is 4.79 Å². The number of nitrogens with zero attached hydrogens (tertiary/aromatic N) is 5. The number of nitro benzene ring substituents is 1. The molecule has 0 spiro atoms. The van der Waals surface area contributed by atoms with Gasteiger partial charge in [0, 0.05) is 23.4 Å². The fourth-order valence-electron chi connectivity index (χ4n) is 3.24. The Morgan fingerprint density at radius 1 is 1.08 bits per heavy atom. The number of benzene rings is 3. The molecule has 3 aromatic carbocycles. The molecule has 1 amide bonds. The number of rotatable bonds is 9. The van der Waals surface area contributed by atoms with Crippen molar-refractivity contribution >= 4 is 29.6 Å². The van der Waals surface area contributed by atoms with Gasteiger partial charge in [0.05, 0.1) is 24.0 Å². The summed E-state index contributed by atoms with van der Waals surface area (Å²) >= 11 is 1.23. The molecule has 0 aliphatic heterocycles. The lowest BCUT2D eigenvalue weighted by molar-refractivity contribution is -0.384. The number of nitro groups is 1. The van der Waals surface area contributed by atoms with Gasteiger partial charge in [0.15, 0.2) is 11.0 Å². The molecule has 0 radical (unpaired) electrons. The Balaban J connectivity index is 1.48. The van der Waals surface area contributed by atoms with Crippen molar-refractivity contribution in [2.75, 3.05) is 12.9 Å². The second-order valence-electron chi connectivity index (χ2n) is 7.64. The molecule has 36 heavy (non-hydrogen) atoms. The van der Waals surface area contributed by atoms with Gasteiger partial charge in [0.2, 0.25) is 0 Å². The first-order valence-corrected chi connectivity index (χ1v) is 11.8. The van der Waals surface area contributed by atoms with E-state index >= 15 is 0 Å². The smallest absolute Gasteiger partial charge is 0.269 e. The fourth-order valence-corrected chi connectivity index (χ4v) is 3.98. The van der Waals surface area contributed by atoms with Gasteiger partial charge in [-0.15, -0.1) is 10.2 Å². The van der Waals surface area contributed by atoms with Gasteiger partial charge in [-0.3, -0.25) is 19.5 Å². The van der Waals surface area contributed by atoms with E-state index in [4.69, 9.17) is 4.74 Å². The molecule has 10 nitrogen and oxygen atoms in total. The first-order chi connectivity index (χ1) is 17.4. The predicted octanol–water partition coefficient (Wildman–Crippen LogP) is 4.40. The van der Waals surface area contributed by atoms with Gasteiger partial charge < -0.3 is 4.74 Å². The van der Waals surface area contributed by atoms with Crippen LogP contribution in [0.25, 0.3) is 17.1 Å². The normalized spacial score (nSPS) is 10.9. The molecule has 11 heteroatoms. The maximum Gasteiger partial charge on any atom is 0.269 e. The van der Waals surface area contributed by atoms with Crippen molar-refractivity contribution in [1.82, 2.24) is 20.2 Å². The summed E-state index contributed by atoms with van der Waals surface area (Å²) in [4.78, 5) is 22.6. The number of methoxy groups -OCH3 is 1. The lowest BCUT2D eigenvalue weighted by Crippen LogP contribution is -2.20. The molecular formula is C25H22N6O4S. The summed E-state index contributed by atoms with van der Waals surface area (Å²) < 4.78 is 7.15. The Morgan fingerprint density at radius 3 is 2.42 bits per heavy atom. The SMILES string of the molecule is COc1ccc(-c2nnc(SCC(=O)N/N=C/c3ccc([N+](=O)[O-])cc3)n2-c2ccc(C)cc2)cc1. The number of non-ortho nitro benzene ring substituents is 1. The molecule has 0 fully saturated rings. The molecule has 4 rings (SSSR count). The number of hydrogen-bond acceptors (Lipinski definition) is 8. The Kier molecular flexibility index (Phi) is 7.71. The van der Waals surface area contributed by atoms with Crippen molar-refractivity contribution in [2.45, 2.75) is 12.1 Å². The molecule has 0 aliphatic rings. The number of aryl methyl sites for hydroxylation is 1. The number of ether oxygens (including phenoxy) is 1. The molecule has 1 heterocycles. The number of nitrogens with one attached hydrogen (secondary N) is 1. The molecule has 0 saturated carbocycles. The topological polar surface area (TPSA) is 125 Å². The highest BCUT2D eigenvalue weighted by Gasteiger charge is 2.17. The second-order valence-corrected chi connectivity index (χ2v) is 8.58. The van der Waals surface area contributed by atoms with Crippen LogP contribution in [0.1, 0.15) is 11.1 Å². The van der Waals surface area contributed by atoms with Crippen LogP contribution < -0.4 is 10.2 Å². The zero-order valence-electron chi connectivity index (χ0n) is 19.5. The van der Waals surface area contributed by atoms with E-state index in [0.29, 0.717) is 16.5 Å². The third kappa shape index (κ3) is 5.94. The van der Waals surface area contributed by atoms with Crippen LogP contribution in [-0.4, -0.2) is 44.7 Å². The van der Waals surface area contributed by atoms with Gasteiger partial charge in [-0.05, 0) is 61.0 Å². The van der Waals surface area contributed by atoms with Crippen molar-refractivity contribution < 1.29 is 14.5 Å². The minimum Gasteiger partial charge on any atom is -0.497 e. The van der Waals surface area contributed by atoms with Crippen LogP contribution in [0.2, 0.25) is 0 Å². The summed E-state index contributed by atoms with van der Waals surface area (Å²) in [5.41, 5.74) is 5.92. The Morgan fingerprint density at radius 2 is 1.78 bits per heavy atom. The highest BCUT2D eigenvalue weighted by atomic mass is 32.2. The van der Waals surface area contributed by atoms with Crippen molar-refractivity contribution in [2.24, 2.45) is 5.10 Å². The Labute approximate surface area is 211 Å². The van der Waals surface area contributed by atoms with Crippen LogP contribution in [0.3, 0.4) is 0 Å². The van der Waals surface area contributed by atoms with Crippen LogP contribution >= 0.6 is 11.8 Å². The summed E-state index contributed by atoms with van der Waals surface area (Å²) in [5, 5.41) is 23.9. The largest absolute Gasteiger partial charge is 0.497 e. The Hall–Kier alpha value is -4.51. The number of aromatic nitrogens is 3. The molecule has 0 saturated heterocycles. The summed E-state index contributed by atoms with van der Waals surface area (Å²) in [6, 6.07) is 21.3. The fraction of sp³-hybridized carbons (Fsp3) is 0.120. The molecule has 0 unspecified atom stereocenters. The minimum absolute atomic E-state index is 0.0146. The molecule has 0 atom stereocenters. The van der Waals surface area contributed by atoms with Crippen LogP contribution in [0.15, 0.2) is 83.1 Å². The lowest BCUT2D eigenvalue weighted by Gasteiger charge is -2.11. The molecule has 1 aromatic heterocycles. The van der Waals surface area contributed by atoms with Crippen molar-refractivity contribution in [3.63, 3.8) is 0 Å². The highest BCUT2D eigenvalue weighted by Crippen LogP contribution is 2.29. The van der Waals surface area contributed by atoms with Gasteiger partial charge >= 0.3 is 0 Å². The molecule has 1 N–H and O–H groups in total. The third-order valence-corrected chi connectivity index (χ3v) is 6.04. The lowest BCUT2D eigenvalue weighted by atomic mass is 10.2. The average molecular weight is 503 g/mol. The van der Waals surface area contributed by atoms with Crippen molar-refractivity contribution in [3.8, 4) is 22.8 Å². The number of carbonyl (C=O) groups is 1. The number of hydrazone groups is 1. The standard InChI is InChI=1S/C25H22N6O4S/c1-17-3-9-20(10-4-17)30-24(19-7-13-22(35-2)14-8-19)28-29-25(30)36-16-23(32)27-26-15-18-5-11-21(12-6-18)31(33)34/h3-15H,16H2,1-2H3,(H,27,32)/b26-15+. The second kappa shape index (κ2) is 11.3. The van der Waals surface area contributed by atoms with Crippen molar-refractivity contribution in [1.29, 1.82) is 0 Å². The Bertz CT molecular complexity index is 1380. The van der Waals surface area contributed by atoms with E-state index in [2.05, 4.69) is 20.7 Å². The van der Waals surface area contributed by atoms with Gasteiger partial charge in [-0.25, -0.2) is 5.43 Å². The van der Waals surface area contributed by atoms with E-state index in [1.165, 1.54) is 30.1 Å². The first kappa shape index (κ1) is 24.6. The number of hydrogen-bond donors (Lipinski definition) is 1. The molecule has 182 valence electrons. The van der Waals surface area contributed by atoms with Crippen LogP contribution in [0, 0.1) is 17.0 Å². The molecular weight excluding hydrogens is 480 g/mol. The molecule has 4 aromatic rings. The maximum atomic E-state index is 12.4. The zero-order chi connectivity index (χ0) is 25.5. The quantitative estimate of drug-likeness (QED) is 0.156. The van der Waals surface area contributed by atoms with Gasteiger partial charge in [-0.2, -0.15) is 5.10 Å². The summed E-state index contributed by atoms with van der Waals surface area (Å²) in [5.74, 6) is 1.11.